The zero-order valence-corrected chi connectivity index (χ0v) is 17.7. The van der Waals surface area contributed by atoms with Crippen molar-refractivity contribution in [2.24, 2.45) is 5.73 Å². The normalized spacial score (nSPS) is 18.3. The number of alkyl halides is 2. The zero-order chi connectivity index (χ0) is 23.4. The smallest absolute Gasteiger partial charge is 0.270 e. The number of fused-ring (bicyclic) bond motifs is 1. The third-order valence-corrected chi connectivity index (χ3v) is 5.53. The number of amides is 2. The van der Waals surface area contributed by atoms with Crippen LogP contribution >= 0.6 is 0 Å². The fourth-order valence-electron chi connectivity index (χ4n) is 3.87. The fraction of sp³-hybridized carbons (Fsp3) is 0.364. The third-order valence-electron chi connectivity index (χ3n) is 5.53. The number of carbonyl (C=O) groups is 2. The molecule has 0 bridgehead atoms. The minimum absolute atomic E-state index is 0.0331. The summed E-state index contributed by atoms with van der Waals surface area (Å²) < 4.78 is 32.3. The summed E-state index contributed by atoms with van der Waals surface area (Å²) >= 11 is 0. The van der Waals surface area contributed by atoms with Crippen molar-refractivity contribution >= 4 is 23.1 Å². The van der Waals surface area contributed by atoms with Crippen LogP contribution in [0.15, 0.2) is 42.9 Å². The van der Waals surface area contributed by atoms with Crippen LogP contribution in [0.2, 0.25) is 0 Å². The highest BCUT2D eigenvalue weighted by molar-refractivity contribution is 5.95. The lowest BCUT2D eigenvalue weighted by Crippen LogP contribution is -2.40. The van der Waals surface area contributed by atoms with Gasteiger partial charge in [0.15, 0.2) is 0 Å². The molecule has 4 N–H and O–H groups in total. The first kappa shape index (κ1) is 22.4. The van der Waals surface area contributed by atoms with E-state index >= 15 is 0 Å². The van der Waals surface area contributed by atoms with E-state index in [0.717, 1.165) is 0 Å². The maximum Gasteiger partial charge on any atom is 0.270 e. The van der Waals surface area contributed by atoms with E-state index in [2.05, 4.69) is 20.6 Å². The quantitative estimate of drug-likeness (QED) is 0.477. The lowest BCUT2D eigenvalue weighted by Gasteiger charge is -2.29. The van der Waals surface area contributed by atoms with Gasteiger partial charge in [0.05, 0.1) is 12.7 Å². The Bertz CT molecular complexity index is 1140. The Balaban J connectivity index is 1.33. The van der Waals surface area contributed by atoms with Crippen LogP contribution in [-0.4, -0.2) is 51.3 Å². The van der Waals surface area contributed by atoms with E-state index < -0.39 is 18.9 Å². The Morgan fingerprint density at radius 1 is 1.21 bits per heavy atom. The molecule has 174 valence electrons. The number of aromatic nitrogens is 3. The van der Waals surface area contributed by atoms with Gasteiger partial charge in [-0.05, 0) is 43.9 Å². The van der Waals surface area contributed by atoms with Crippen molar-refractivity contribution < 1.29 is 23.1 Å². The molecule has 33 heavy (non-hydrogen) atoms. The fourth-order valence-corrected chi connectivity index (χ4v) is 3.87. The second-order valence-corrected chi connectivity index (χ2v) is 7.84. The van der Waals surface area contributed by atoms with Gasteiger partial charge in [-0.15, -0.1) is 0 Å². The topological polar surface area (TPSA) is 124 Å². The second kappa shape index (κ2) is 9.80. The molecule has 3 aromatic rings. The number of imidazole rings is 1. The van der Waals surface area contributed by atoms with E-state index in [4.69, 9.17) is 10.5 Å². The molecule has 0 unspecified atom stereocenters. The van der Waals surface area contributed by atoms with Crippen molar-refractivity contribution in [3.63, 3.8) is 0 Å². The van der Waals surface area contributed by atoms with Crippen molar-refractivity contribution in [3.8, 4) is 5.88 Å². The number of nitrogens with two attached hydrogens (primary N) is 1. The summed E-state index contributed by atoms with van der Waals surface area (Å²) in [6.45, 7) is -0.458. The predicted octanol–water partition coefficient (Wildman–Crippen LogP) is 2.63. The van der Waals surface area contributed by atoms with Gasteiger partial charge in [0, 0.05) is 30.2 Å². The largest absolute Gasteiger partial charge is 0.474 e. The summed E-state index contributed by atoms with van der Waals surface area (Å²) in [5.41, 5.74) is 6.97. The van der Waals surface area contributed by atoms with E-state index in [0.29, 0.717) is 42.7 Å². The van der Waals surface area contributed by atoms with Crippen LogP contribution in [0, 0.1) is 0 Å². The molecule has 2 amide bonds. The van der Waals surface area contributed by atoms with Crippen LogP contribution in [0.5, 0.6) is 5.88 Å². The molecule has 0 aliphatic heterocycles. The van der Waals surface area contributed by atoms with E-state index in [-0.39, 0.29) is 29.5 Å². The molecular weight excluding hydrogens is 434 g/mol. The molecule has 0 spiro atoms. The number of carbonyl (C=O) groups excluding carboxylic acids is 2. The molecular formula is C22H24F2N6O3. The Hall–Kier alpha value is -3.76. The van der Waals surface area contributed by atoms with Crippen molar-refractivity contribution in [1.29, 1.82) is 0 Å². The minimum atomic E-state index is -2.46. The van der Waals surface area contributed by atoms with Gasteiger partial charge in [-0.25, -0.2) is 18.7 Å². The number of pyridine rings is 2. The Kier molecular flexibility index (Phi) is 6.66. The van der Waals surface area contributed by atoms with Gasteiger partial charge in [-0.3, -0.25) is 14.0 Å². The van der Waals surface area contributed by atoms with Crippen LogP contribution in [0.3, 0.4) is 0 Å². The van der Waals surface area contributed by atoms with E-state index in [1.807, 2.05) is 0 Å². The molecule has 3 aromatic heterocycles. The summed E-state index contributed by atoms with van der Waals surface area (Å²) in [5, 5.41) is 5.65. The average Bonchev–Trinajstić information content (AvgIpc) is 3.22. The summed E-state index contributed by atoms with van der Waals surface area (Å²) in [5.74, 6) is -0.629. The van der Waals surface area contributed by atoms with Gasteiger partial charge in [0.2, 0.25) is 5.88 Å². The lowest BCUT2D eigenvalue weighted by molar-refractivity contribution is 0.0876. The highest BCUT2D eigenvalue weighted by Crippen LogP contribution is 2.25. The molecule has 0 aromatic carbocycles. The highest BCUT2D eigenvalue weighted by atomic mass is 19.3. The second-order valence-electron chi connectivity index (χ2n) is 7.84. The number of hydrogen-bond acceptors (Lipinski definition) is 6. The molecule has 1 aliphatic rings. The zero-order valence-electron chi connectivity index (χ0n) is 17.7. The first-order valence-electron chi connectivity index (χ1n) is 10.6. The van der Waals surface area contributed by atoms with Crippen molar-refractivity contribution in [1.82, 2.24) is 19.7 Å². The van der Waals surface area contributed by atoms with Crippen molar-refractivity contribution in [3.05, 3.63) is 54.1 Å². The summed E-state index contributed by atoms with van der Waals surface area (Å²) in [7, 11) is 0. The number of rotatable bonds is 8. The van der Waals surface area contributed by atoms with Crippen LogP contribution < -0.4 is 21.1 Å². The number of primary amides is 1. The lowest BCUT2D eigenvalue weighted by atomic mass is 9.93. The van der Waals surface area contributed by atoms with Crippen LogP contribution in [0.1, 0.15) is 46.5 Å². The molecule has 4 rings (SSSR count). The van der Waals surface area contributed by atoms with Crippen molar-refractivity contribution in [2.75, 3.05) is 11.9 Å². The van der Waals surface area contributed by atoms with E-state index in [1.165, 1.54) is 6.20 Å². The molecule has 9 nitrogen and oxygen atoms in total. The maximum atomic E-state index is 12.8. The van der Waals surface area contributed by atoms with Crippen LogP contribution in [0.4, 0.5) is 14.5 Å². The monoisotopic (exact) mass is 458 g/mol. The highest BCUT2D eigenvalue weighted by Gasteiger charge is 2.26. The average molecular weight is 458 g/mol. The SMILES string of the molecule is NC(=O)c1cccnc1OC1CCC(NC(=O)c2cnc3cc(NCC(F)F)ccn23)CC1. The minimum Gasteiger partial charge on any atom is -0.474 e. The van der Waals surface area contributed by atoms with Gasteiger partial charge in [-0.1, -0.05) is 0 Å². The number of ether oxygens (including phenoxy) is 1. The molecule has 0 saturated heterocycles. The molecule has 3 heterocycles. The molecule has 1 fully saturated rings. The van der Waals surface area contributed by atoms with Gasteiger partial charge in [-0.2, -0.15) is 0 Å². The predicted molar refractivity (Wildman–Crippen MR) is 117 cm³/mol. The molecule has 1 saturated carbocycles. The Morgan fingerprint density at radius 3 is 2.73 bits per heavy atom. The van der Waals surface area contributed by atoms with Gasteiger partial charge in [0.1, 0.15) is 23.0 Å². The number of hydrogen-bond donors (Lipinski definition) is 3. The standard InChI is InChI=1S/C22H24F2N6O3/c23-18(24)12-27-14-7-9-30-17(11-28-19(30)10-14)21(32)29-13-3-5-15(6-4-13)33-22-16(20(25)31)2-1-8-26-22/h1-2,7-11,13,15,18,27H,3-6,12H2,(H2,25,31)(H,29,32). The van der Waals surface area contributed by atoms with E-state index in [1.54, 1.807) is 41.1 Å². The Labute approximate surface area is 188 Å². The van der Waals surface area contributed by atoms with Crippen LogP contribution in [0.25, 0.3) is 5.65 Å². The molecule has 0 atom stereocenters. The summed E-state index contributed by atoms with van der Waals surface area (Å²) in [6, 6.07) is 6.40. The maximum absolute atomic E-state index is 12.8. The summed E-state index contributed by atoms with van der Waals surface area (Å²) in [4.78, 5) is 32.7. The van der Waals surface area contributed by atoms with Gasteiger partial charge >= 0.3 is 0 Å². The van der Waals surface area contributed by atoms with E-state index in [9.17, 15) is 18.4 Å². The third kappa shape index (κ3) is 5.36. The summed E-state index contributed by atoms with van der Waals surface area (Å²) in [6.07, 6.45) is 4.82. The number of halogens is 2. The molecule has 0 radical (unpaired) electrons. The molecule has 1 aliphatic carbocycles. The van der Waals surface area contributed by atoms with Crippen LogP contribution in [-0.2, 0) is 0 Å². The first-order valence-corrected chi connectivity index (χ1v) is 10.6. The first-order chi connectivity index (χ1) is 15.9. The number of nitrogens with one attached hydrogen (secondary N) is 2. The number of anilines is 1. The van der Waals surface area contributed by atoms with Gasteiger partial charge in [0.25, 0.3) is 18.2 Å². The Morgan fingerprint density at radius 2 is 2.00 bits per heavy atom. The molecule has 11 heteroatoms. The van der Waals surface area contributed by atoms with Gasteiger partial charge < -0.3 is 21.1 Å². The number of nitrogens with zero attached hydrogens (tertiary/aromatic N) is 3. The van der Waals surface area contributed by atoms with Crippen molar-refractivity contribution in [2.45, 2.75) is 44.3 Å².